The van der Waals surface area contributed by atoms with E-state index in [1.165, 1.54) is 0 Å². The van der Waals surface area contributed by atoms with Crippen LogP contribution in [0.3, 0.4) is 0 Å². The lowest BCUT2D eigenvalue weighted by Crippen LogP contribution is -2.00. The summed E-state index contributed by atoms with van der Waals surface area (Å²) in [6, 6.07) is 11.2. The van der Waals surface area contributed by atoms with E-state index in [0.717, 1.165) is 16.7 Å². The number of aliphatic hydroxyl groups excluding tert-OH is 1. The Labute approximate surface area is 99.5 Å². The van der Waals surface area contributed by atoms with Crippen LogP contribution >= 0.6 is 11.6 Å². The van der Waals surface area contributed by atoms with Crippen molar-refractivity contribution in [3.05, 3.63) is 64.4 Å². The van der Waals surface area contributed by atoms with E-state index in [-0.39, 0.29) is 0 Å². The van der Waals surface area contributed by atoms with Crippen molar-refractivity contribution in [3.63, 3.8) is 0 Å². The van der Waals surface area contributed by atoms with E-state index in [4.69, 9.17) is 11.6 Å². The molecule has 2 aromatic rings. The van der Waals surface area contributed by atoms with Gasteiger partial charge >= 0.3 is 0 Å². The molecule has 1 aromatic heterocycles. The zero-order valence-corrected chi connectivity index (χ0v) is 9.65. The van der Waals surface area contributed by atoms with Crippen LogP contribution in [0.2, 0.25) is 5.15 Å². The molecule has 2 rings (SSSR count). The Morgan fingerprint density at radius 2 is 2.00 bits per heavy atom. The fourth-order valence-electron chi connectivity index (χ4n) is 1.58. The maximum atomic E-state index is 10.1. The van der Waals surface area contributed by atoms with Crippen molar-refractivity contribution in [1.29, 1.82) is 0 Å². The number of hydrogen-bond acceptors (Lipinski definition) is 2. The summed E-state index contributed by atoms with van der Waals surface area (Å²) < 4.78 is 0. The smallest absolute Gasteiger partial charge is 0.129 e. The highest BCUT2D eigenvalue weighted by Gasteiger charge is 2.10. The van der Waals surface area contributed by atoms with E-state index in [1.54, 1.807) is 18.3 Å². The quantitative estimate of drug-likeness (QED) is 0.809. The number of aryl methyl sites for hydroxylation is 1. The van der Waals surface area contributed by atoms with Gasteiger partial charge in [0.15, 0.2) is 0 Å². The molecule has 1 aromatic carbocycles. The average molecular weight is 234 g/mol. The number of hydrogen-bond donors (Lipinski definition) is 1. The molecule has 3 heteroatoms. The second kappa shape index (κ2) is 4.64. The Hall–Kier alpha value is -1.38. The molecule has 1 atom stereocenters. The Morgan fingerprint density at radius 3 is 2.62 bits per heavy atom. The predicted molar refractivity (Wildman–Crippen MR) is 64.5 cm³/mol. The third-order valence-electron chi connectivity index (χ3n) is 2.42. The van der Waals surface area contributed by atoms with Gasteiger partial charge in [-0.05, 0) is 18.6 Å². The lowest BCUT2D eigenvalue weighted by molar-refractivity contribution is 0.220. The van der Waals surface area contributed by atoms with Gasteiger partial charge in [0.2, 0.25) is 0 Å². The lowest BCUT2D eigenvalue weighted by Gasteiger charge is -2.11. The summed E-state index contributed by atoms with van der Waals surface area (Å²) in [6.45, 7) is 2.00. The average Bonchev–Trinajstić information content (AvgIpc) is 2.29. The number of pyridine rings is 1. The molecule has 2 nitrogen and oxygen atoms in total. The van der Waals surface area contributed by atoms with Gasteiger partial charge in [-0.1, -0.05) is 47.5 Å². The van der Waals surface area contributed by atoms with Crippen LogP contribution in [-0.2, 0) is 0 Å². The molecular weight excluding hydrogens is 222 g/mol. The molecule has 82 valence electrons. The van der Waals surface area contributed by atoms with Gasteiger partial charge in [-0.25, -0.2) is 4.98 Å². The van der Waals surface area contributed by atoms with Crippen molar-refractivity contribution in [2.75, 3.05) is 0 Å². The summed E-state index contributed by atoms with van der Waals surface area (Å²) in [7, 11) is 0. The Balaban J connectivity index is 2.31. The first kappa shape index (κ1) is 11.1. The number of rotatable bonds is 2. The highest BCUT2D eigenvalue weighted by molar-refractivity contribution is 6.29. The lowest BCUT2D eigenvalue weighted by atomic mass is 10.0. The molecule has 0 aliphatic carbocycles. The third kappa shape index (κ3) is 2.40. The molecule has 0 fully saturated rings. The second-order valence-corrected chi connectivity index (χ2v) is 4.12. The standard InChI is InChI=1S/C13H12ClNO/c1-9-3-2-4-10(7-9)13(16)11-5-6-12(14)15-8-11/h2-8,13,16H,1H3. The van der Waals surface area contributed by atoms with E-state index in [9.17, 15) is 5.11 Å². The van der Waals surface area contributed by atoms with Crippen LogP contribution in [0.5, 0.6) is 0 Å². The Morgan fingerprint density at radius 1 is 1.19 bits per heavy atom. The molecule has 0 saturated heterocycles. The molecule has 0 radical (unpaired) electrons. The molecule has 0 aliphatic rings. The first-order valence-corrected chi connectivity index (χ1v) is 5.41. The number of benzene rings is 1. The highest BCUT2D eigenvalue weighted by Crippen LogP contribution is 2.22. The summed E-state index contributed by atoms with van der Waals surface area (Å²) in [6.07, 6.45) is 0.944. The van der Waals surface area contributed by atoms with Crippen molar-refractivity contribution in [2.24, 2.45) is 0 Å². The molecule has 0 bridgehead atoms. The van der Waals surface area contributed by atoms with Crippen molar-refractivity contribution < 1.29 is 5.11 Å². The normalized spacial score (nSPS) is 12.4. The van der Waals surface area contributed by atoms with E-state index in [2.05, 4.69) is 4.98 Å². The van der Waals surface area contributed by atoms with E-state index >= 15 is 0 Å². The van der Waals surface area contributed by atoms with Gasteiger partial charge in [0.05, 0.1) is 0 Å². The molecule has 0 amide bonds. The van der Waals surface area contributed by atoms with Crippen LogP contribution in [0.1, 0.15) is 22.8 Å². The van der Waals surface area contributed by atoms with Gasteiger partial charge in [0.25, 0.3) is 0 Å². The molecule has 1 unspecified atom stereocenters. The van der Waals surface area contributed by atoms with Crippen molar-refractivity contribution in [2.45, 2.75) is 13.0 Å². The van der Waals surface area contributed by atoms with Crippen LogP contribution in [0.25, 0.3) is 0 Å². The SMILES string of the molecule is Cc1cccc(C(O)c2ccc(Cl)nc2)c1. The number of nitrogens with zero attached hydrogens (tertiary/aromatic N) is 1. The second-order valence-electron chi connectivity index (χ2n) is 3.73. The largest absolute Gasteiger partial charge is 0.384 e. The van der Waals surface area contributed by atoms with Crippen molar-refractivity contribution in [3.8, 4) is 0 Å². The van der Waals surface area contributed by atoms with Gasteiger partial charge in [-0.15, -0.1) is 0 Å². The fraction of sp³-hybridized carbons (Fsp3) is 0.154. The van der Waals surface area contributed by atoms with Gasteiger partial charge < -0.3 is 5.11 Å². The van der Waals surface area contributed by atoms with Crippen molar-refractivity contribution in [1.82, 2.24) is 4.98 Å². The molecule has 0 aliphatic heterocycles. The minimum atomic E-state index is -0.648. The summed E-state index contributed by atoms with van der Waals surface area (Å²) in [4.78, 5) is 3.95. The van der Waals surface area contributed by atoms with Gasteiger partial charge in [0, 0.05) is 11.8 Å². The summed E-state index contributed by atoms with van der Waals surface area (Å²) >= 11 is 5.69. The highest BCUT2D eigenvalue weighted by atomic mass is 35.5. The molecule has 1 heterocycles. The van der Waals surface area contributed by atoms with Crippen molar-refractivity contribution >= 4 is 11.6 Å². The minimum Gasteiger partial charge on any atom is -0.384 e. The summed E-state index contributed by atoms with van der Waals surface area (Å²) in [5, 5.41) is 10.6. The van der Waals surface area contributed by atoms with Crippen LogP contribution in [0.4, 0.5) is 0 Å². The minimum absolute atomic E-state index is 0.431. The zero-order chi connectivity index (χ0) is 11.5. The van der Waals surface area contributed by atoms with E-state index < -0.39 is 6.10 Å². The van der Waals surface area contributed by atoms with Gasteiger partial charge in [-0.3, -0.25) is 0 Å². The number of halogens is 1. The van der Waals surface area contributed by atoms with Gasteiger partial charge in [0.1, 0.15) is 11.3 Å². The molecule has 0 saturated carbocycles. The number of aromatic nitrogens is 1. The molecule has 0 spiro atoms. The first-order valence-electron chi connectivity index (χ1n) is 5.03. The van der Waals surface area contributed by atoms with Crippen LogP contribution in [0.15, 0.2) is 42.6 Å². The maximum Gasteiger partial charge on any atom is 0.129 e. The first-order chi connectivity index (χ1) is 7.66. The van der Waals surface area contributed by atoms with Gasteiger partial charge in [-0.2, -0.15) is 0 Å². The predicted octanol–water partition coefficient (Wildman–Crippen LogP) is 3.13. The Bertz CT molecular complexity index is 482. The third-order valence-corrected chi connectivity index (χ3v) is 2.65. The Kier molecular flexibility index (Phi) is 3.22. The van der Waals surface area contributed by atoms with E-state index in [1.807, 2.05) is 31.2 Å². The molecule has 1 N–H and O–H groups in total. The zero-order valence-electron chi connectivity index (χ0n) is 8.89. The van der Waals surface area contributed by atoms with Crippen LogP contribution in [-0.4, -0.2) is 10.1 Å². The maximum absolute atomic E-state index is 10.1. The van der Waals surface area contributed by atoms with Crippen LogP contribution in [0, 0.1) is 6.92 Å². The molecular formula is C13H12ClNO. The monoisotopic (exact) mass is 233 g/mol. The topological polar surface area (TPSA) is 33.1 Å². The summed E-state index contributed by atoms with van der Waals surface area (Å²) in [5.41, 5.74) is 2.73. The van der Waals surface area contributed by atoms with Crippen LogP contribution < -0.4 is 0 Å². The summed E-state index contributed by atoms with van der Waals surface area (Å²) in [5.74, 6) is 0. The fourth-order valence-corrected chi connectivity index (χ4v) is 1.69. The molecule has 16 heavy (non-hydrogen) atoms. The number of aliphatic hydroxyl groups is 1. The van der Waals surface area contributed by atoms with E-state index in [0.29, 0.717) is 5.15 Å².